The number of aryl methyl sites for hydroxylation is 1. The number of fused-ring (bicyclic) bond motifs is 1. The average Bonchev–Trinajstić information content (AvgIpc) is 2.65. The number of nitrogens with one attached hydrogen (secondary N) is 2. The number of amides is 1. The van der Waals surface area contributed by atoms with Crippen LogP contribution >= 0.6 is 0 Å². The molecule has 1 atom stereocenters. The molecule has 1 amide bonds. The SMILES string of the molecule is CC(CNC(=O)CCc1cc2ccccc2[nH]c1=O)N1CCCCC1. The fourth-order valence-electron chi connectivity index (χ4n) is 3.46. The minimum Gasteiger partial charge on any atom is -0.355 e. The van der Waals surface area contributed by atoms with Crippen LogP contribution < -0.4 is 10.9 Å². The quantitative estimate of drug-likeness (QED) is 0.848. The molecule has 25 heavy (non-hydrogen) atoms. The molecule has 1 aliphatic rings. The second-order valence-corrected chi connectivity index (χ2v) is 6.96. The van der Waals surface area contributed by atoms with E-state index in [0.29, 0.717) is 31.0 Å². The lowest BCUT2D eigenvalue weighted by Crippen LogP contribution is -2.44. The molecule has 2 heterocycles. The van der Waals surface area contributed by atoms with Crippen LogP contribution in [0.5, 0.6) is 0 Å². The smallest absolute Gasteiger partial charge is 0.251 e. The first kappa shape index (κ1) is 17.7. The Labute approximate surface area is 148 Å². The lowest BCUT2D eigenvalue weighted by atomic mass is 10.1. The van der Waals surface area contributed by atoms with Crippen molar-refractivity contribution in [3.63, 3.8) is 0 Å². The third kappa shape index (κ3) is 4.69. The van der Waals surface area contributed by atoms with Crippen molar-refractivity contribution in [2.24, 2.45) is 0 Å². The number of H-pyrrole nitrogens is 1. The van der Waals surface area contributed by atoms with Gasteiger partial charge in [-0.05, 0) is 56.8 Å². The van der Waals surface area contributed by atoms with E-state index in [1.54, 1.807) is 0 Å². The fraction of sp³-hybridized carbons (Fsp3) is 0.500. The van der Waals surface area contributed by atoms with Gasteiger partial charge in [0.25, 0.3) is 5.56 Å². The second kappa shape index (κ2) is 8.30. The van der Waals surface area contributed by atoms with Crippen molar-refractivity contribution in [2.45, 2.75) is 45.1 Å². The molecule has 1 aliphatic heterocycles. The van der Waals surface area contributed by atoms with E-state index in [1.807, 2.05) is 30.3 Å². The number of hydrogen-bond acceptors (Lipinski definition) is 3. The van der Waals surface area contributed by atoms with Crippen molar-refractivity contribution < 1.29 is 4.79 Å². The Bertz CT molecular complexity index is 778. The second-order valence-electron chi connectivity index (χ2n) is 6.96. The highest BCUT2D eigenvalue weighted by Gasteiger charge is 2.17. The first-order valence-electron chi connectivity index (χ1n) is 9.25. The van der Waals surface area contributed by atoms with Crippen molar-refractivity contribution in [3.05, 3.63) is 46.2 Å². The van der Waals surface area contributed by atoms with Crippen LogP contribution in [0.3, 0.4) is 0 Å². The van der Waals surface area contributed by atoms with Crippen LogP contribution in [0.2, 0.25) is 0 Å². The van der Waals surface area contributed by atoms with Crippen LogP contribution in [0.4, 0.5) is 0 Å². The normalized spacial score (nSPS) is 16.7. The Morgan fingerprint density at radius 1 is 1.24 bits per heavy atom. The number of para-hydroxylation sites is 1. The molecule has 0 saturated carbocycles. The van der Waals surface area contributed by atoms with E-state index in [1.165, 1.54) is 19.3 Å². The van der Waals surface area contributed by atoms with Gasteiger partial charge in [0.2, 0.25) is 5.91 Å². The highest BCUT2D eigenvalue weighted by Crippen LogP contribution is 2.12. The Morgan fingerprint density at radius 2 is 2.00 bits per heavy atom. The van der Waals surface area contributed by atoms with E-state index < -0.39 is 0 Å². The van der Waals surface area contributed by atoms with Gasteiger partial charge in [0.1, 0.15) is 0 Å². The van der Waals surface area contributed by atoms with E-state index in [-0.39, 0.29) is 11.5 Å². The predicted octanol–water partition coefficient (Wildman–Crippen LogP) is 2.45. The number of carbonyl (C=O) groups excluding carboxylic acids is 1. The largest absolute Gasteiger partial charge is 0.355 e. The van der Waals surface area contributed by atoms with Crippen LogP contribution in [0.25, 0.3) is 10.9 Å². The van der Waals surface area contributed by atoms with Gasteiger partial charge in [-0.15, -0.1) is 0 Å². The molecule has 2 N–H and O–H groups in total. The number of nitrogens with zero attached hydrogens (tertiary/aromatic N) is 1. The monoisotopic (exact) mass is 341 g/mol. The van der Waals surface area contributed by atoms with Gasteiger partial charge < -0.3 is 10.3 Å². The summed E-state index contributed by atoms with van der Waals surface area (Å²) < 4.78 is 0. The van der Waals surface area contributed by atoms with Gasteiger partial charge in [-0.2, -0.15) is 0 Å². The van der Waals surface area contributed by atoms with Gasteiger partial charge in [-0.3, -0.25) is 14.5 Å². The van der Waals surface area contributed by atoms with Crippen LogP contribution in [0.15, 0.2) is 35.1 Å². The zero-order valence-electron chi connectivity index (χ0n) is 14.9. The molecule has 1 unspecified atom stereocenters. The van der Waals surface area contributed by atoms with Crippen LogP contribution in [0, 0.1) is 0 Å². The van der Waals surface area contributed by atoms with Crippen LogP contribution in [-0.4, -0.2) is 41.5 Å². The van der Waals surface area contributed by atoms with E-state index in [0.717, 1.165) is 24.0 Å². The number of aromatic nitrogens is 1. The Hall–Kier alpha value is -2.14. The molecular weight excluding hydrogens is 314 g/mol. The lowest BCUT2D eigenvalue weighted by Gasteiger charge is -2.32. The summed E-state index contributed by atoms with van der Waals surface area (Å²) in [6.07, 6.45) is 4.63. The third-order valence-corrected chi connectivity index (χ3v) is 5.06. The van der Waals surface area contributed by atoms with E-state index in [2.05, 4.69) is 22.1 Å². The molecule has 1 fully saturated rings. The van der Waals surface area contributed by atoms with E-state index in [4.69, 9.17) is 0 Å². The fourth-order valence-corrected chi connectivity index (χ4v) is 3.46. The Morgan fingerprint density at radius 3 is 2.80 bits per heavy atom. The van der Waals surface area contributed by atoms with Crippen molar-refractivity contribution in [3.8, 4) is 0 Å². The molecular formula is C20H27N3O2. The van der Waals surface area contributed by atoms with Crippen LogP contribution in [0.1, 0.15) is 38.2 Å². The summed E-state index contributed by atoms with van der Waals surface area (Å²) in [7, 11) is 0. The number of aromatic amines is 1. The van der Waals surface area contributed by atoms with Gasteiger partial charge in [0, 0.05) is 30.1 Å². The maximum absolute atomic E-state index is 12.1. The van der Waals surface area contributed by atoms with Gasteiger partial charge in [0.15, 0.2) is 0 Å². The molecule has 1 aromatic carbocycles. The molecule has 0 spiro atoms. The van der Waals surface area contributed by atoms with Gasteiger partial charge in [0.05, 0.1) is 0 Å². The average molecular weight is 341 g/mol. The number of likely N-dealkylation sites (tertiary alicyclic amines) is 1. The molecule has 5 nitrogen and oxygen atoms in total. The summed E-state index contributed by atoms with van der Waals surface area (Å²) in [6.45, 7) is 5.10. The third-order valence-electron chi connectivity index (χ3n) is 5.06. The number of benzene rings is 1. The molecule has 1 saturated heterocycles. The van der Waals surface area contributed by atoms with Crippen molar-refractivity contribution in [1.82, 2.24) is 15.2 Å². The first-order chi connectivity index (χ1) is 12.1. The summed E-state index contributed by atoms with van der Waals surface area (Å²) in [5, 5.41) is 4.01. The zero-order chi connectivity index (χ0) is 17.6. The summed E-state index contributed by atoms with van der Waals surface area (Å²) in [6, 6.07) is 9.95. The van der Waals surface area contributed by atoms with Crippen molar-refractivity contribution in [1.29, 1.82) is 0 Å². The minimum atomic E-state index is -0.104. The van der Waals surface area contributed by atoms with Crippen molar-refractivity contribution >= 4 is 16.8 Å². The molecule has 0 radical (unpaired) electrons. The molecule has 5 heteroatoms. The maximum Gasteiger partial charge on any atom is 0.251 e. The molecule has 134 valence electrons. The maximum atomic E-state index is 12.1. The zero-order valence-corrected chi connectivity index (χ0v) is 14.9. The van der Waals surface area contributed by atoms with Gasteiger partial charge >= 0.3 is 0 Å². The van der Waals surface area contributed by atoms with Crippen LogP contribution in [-0.2, 0) is 11.2 Å². The lowest BCUT2D eigenvalue weighted by molar-refractivity contribution is -0.121. The number of rotatable bonds is 6. The van der Waals surface area contributed by atoms with Gasteiger partial charge in [-0.25, -0.2) is 0 Å². The number of piperidine rings is 1. The van der Waals surface area contributed by atoms with Crippen molar-refractivity contribution in [2.75, 3.05) is 19.6 Å². The summed E-state index contributed by atoms with van der Waals surface area (Å²) in [4.78, 5) is 29.6. The molecule has 0 bridgehead atoms. The standard InChI is InChI=1S/C20H27N3O2/c1-15(23-11-5-2-6-12-23)14-21-19(24)10-9-17-13-16-7-3-4-8-18(16)22-20(17)25/h3-4,7-8,13,15H,2,5-6,9-12,14H2,1H3,(H,21,24)(H,22,25). The molecule has 0 aliphatic carbocycles. The highest BCUT2D eigenvalue weighted by atomic mass is 16.1. The van der Waals surface area contributed by atoms with E-state index >= 15 is 0 Å². The number of hydrogen-bond donors (Lipinski definition) is 2. The summed E-state index contributed by atoms with van der Waals surface area (Å²) >= 11 is 0. The summed E-state index contributed by atoms with van der Waals surface area (Å²) in [5.74, 6) is 0.0106. The first-order valence-corrected chi connectivity index (χ1v) is 9.25. The minimum absolute atomic E-state index is 0.0106. The number of carbonyl (C=O) groups is 1. The topological polar surface area (TPSA) is 65.2 Å². The Balaban J connectivity index is 1.50. The molecule has 3 rings (SSSR count). The molecule has 1 aromatic heterocycles. The molecule has 2 aromatic rings. The van der Waals surface area contributed by atoms with E-state index in [9.17, 15) is 9.59 Å². The summed E-state index contributed by atoms with van der Waals surface area (Å²) in [5.41, 5.74) is 1.39. The Kier molecular flexibility index (Phi) is 5.87. The predicted molar refractivity (Wildman–Crippen MR) is 101 cm³/mol. The highest BCUT2D eigenvalue weighted by molar-refractivity contribution is 5.79. The van der Waals surface area contributed by atoms with Gasteiger partial charge in [-0.1, -0.05) is 24.6 Å². The number of pyridine rings is 1.